The number of hydrogen-bond donors (Lipinski definition) is 0. The fourth-order valence-electron chi connectivity index (χ4n) is 3.15. The molecular weight excluding hydrogens is 338 g/mol. The van der Waals surface area contributed by atoms with E-state index >= 15 is 0 Å². The predicted molar refractivity (Wildman–Crippen MR) is 97.1 cm³/mol. The summed E-state index contributed by atoms with van der Waals surface area (Å²) < 4.78 is 10.8. The standard InChI is InChI=1S/C19H21NO4S/c1-12(21)17-6-7-18(25-17)19(22)20-9-8-13(11-20)15-10-14(23-2)4-5-16(15)24-3/h4-7,10,13H,8-9,11H2,1-3H3. The lowest BCUT2D eigenvalue weighted by molar-refractivity contribution is 0.0795. The van der Waals surface area contributed by atoms with E-state index in [0.29, 0.717) is 22.8 Å². The van der Waals surface area contributed by atoms with Gasteiger partial charge in [-0.1, -0.05) is 0 Å². The van der Waals surface area contributed by atoms with Crippen LogP contribution in [0.15, 0.2) is 30.3 Å². The SMILES string of the molecule is COc1ccc(OC)c(C2CCN(C(=O)c3ccc(C(C)=O)s3)C2)c1. The fourth-order valence-corrected chi connectivity index (χ4v) is 4.02. The summed E-state index contributed by atoms with van der Waals surface area (Å²) >= 11 is 1.26. The maximum atomic E-state index is 12.7. The second-order valence-corrected chi connectivity index (χ2v) is 7.15. The minimum absolute atomic E-state index is 0.00975. The molecule has 0 bridgehead atoms. The Kier molecular flexibility index (Phi) is 5.08. The van der Waals surface area contributed by atoms with E-state index in [-0.39, 0.29) is 17.6 Å². The highest BCUT2D eigenvalue weighted by molar-refractivity contribution is 7.15. The Morgan fingerprint density at radius 1 is 1.12 bits per heavy atom. The lowest BCUT2D eigenvalue weighted by Crippen LogP contribution is -2.27. The monoisotopic (exact) mass is 359 g/mol. The van der Waals surface area contributed by atoms with E-state index in [1.54, 1.807) is 26.4 Å². The number of ether oxygens (including phenoxy) is 2. The Balaban J connectivity index is 1.77. The lowest BCUT2D eigenvalue weighted by atomic mass is 9.97. The van der Waals surface area contributed by atoms with E-state index in [2.05, 4.69) is 0 Å². The van der Waals surface area contributed by atoms with Gasteiger partial charge in [0.15, 0.2) is 5.78 Å². The van der Waals surface area contributed by atoms with Crippen molar-refractivity contribution in [3.63, 3.8) is 0 Å². The molecule has 1 aromatic carbocycles. The summed E-state index contributed by atoms with van der Waals surface area (Å²) in [5.74, 6) is 1.78. The third-order valence-corrected chi connectivity index (χ3v) is 5.69. The number of methoxy groups -OCH3 is 2. The molecule has 2 heterocycles. The summed E-state index contributed by atoms with van der Waals surface area (Å²) in [5, 5.41) is 0. The number of likely N-dealkylation sites (tertiary alicyclic amines) is 1. The first-order valence-electron chi connectivity index (χ1n) is 8.15. The highest BCUT2D eigenvalue weighted by Gasteiger charge is 2.30. The highest BCUT2D eigenvalue weighted by Crippen LogP contribution is 2.36. The Morgan fingerprint density at radius 3 is 2.52 bits per heavy atom. The number of nitrogens with zero attached hydrogens (tertiary/aromatic N) is 1. The van der Waals surface area contributed by atoms with Crippen molar-refractivity contribution < 1.29 is 19.1 Å². The third-order valence-electron chi connectivity index (χ3n) is 4.52. The number of ketones is 1. The maximum absolute atomic E-state index is 12.7. The van der Waals surface area contributed by atoms with Crippen LogP contribution >= 0.6 is 11.3 Å². The average Bonchev–Trinajstić information content (AvgIpc) is 3.30. The van der Waals surface area contributed by atoms with E-state index in [9.17, 15) is 9.59 Å². The van der Waals surface area contributed by atoms with Crippen LogP contribution < -0.4 is 9.47 Å². The zero-order chi connectivity index (χ0) is 18.0. The number of Topliss-reactive ketones (excluding diaryl/α,β-unsaturated/α-hetero) is 1. The molecule has 2 aromatic rings. The van der Waals surface area contributed by atoms with Crippen LogP contribution in [0.3, 0.4) is 0 Å². The molecule has 0 radical (unpaired) electrons. The third kappa shape index (κ3) is 3.54. The molecule has 1 unspecified atom stereocenters. The Bertz CT molecular complexity index is 798. The van der Waals surface area contributed by atoms with Crippen LogP contribution in [0.25, 0.3) is 0 Å². The summed E-state index contributed by atoms with van der Waals surface area (Å²) in [4.78, 5) is 27.2. The van der Waals surface area contributed by atoms with Gasteiger partial charge < -0.3 is 14.4 Å². The smallest absolute Gasteiger partial charge is 0.263 e. The van der Waals surface area contributed by atoms with Crippen molar-refractivity contribution >= 4 is 23.0 Å². The molecule has 25 heavy (non-hydrogen) atoms. The molecule has 132 valence electrons. The van der Waals surface area contributed by atoms with Crippen molar-refractivity contribution in [3.8, 4) is 11.5 Å². The molecular formula is C19H21NO4S. The predicted octanol–water partition coefficient (Wildman–Crippen LogP) is 3.60. The molecule has 1 aliphatic rings. The molecule has 1 atom stereocenters. The van der Waals surface area contributed by atoms with Gasteiger partial charge in [0, 0.05) is 24.6 Å². The molecule has 5 nitrogen and oxygen atoms in total. The molecule has 0 N–H and O–H groups in total. The zero-order valence-electron chi connectivity index (χ0n) is 14.6. The second-order valence-electron chi connectivity index (χ2n) is 6.06. The van der Waals surface area contributed by atoms with Crippen molar-refractivity contribution in [2.45, 2.75) is 19.3 Å². The average molecular weight is 359 g/mol. The second kappa shape index (κ2) is 7.27. The number of thiophene rings is 1. The van der Waals surface area contributed by atoms with Gasteiger partial charge in [0.25, 0.3) is 5.91 Å². The van der Waals surface area contributed by atoms with E-state index in [0.717, 1.165) is 23.5 Å². The molecule has 1 saturated heterocycles. The number of rotatable bonds is 5. The molecule has 1 aliphatic heterocycles. The normalized spacial score (nSPS) is 16.8. The van der Waals surface area contributed by atoms with Crippen LogP contribution in [0, 0.1) is 0 Å². The van der Waals surface area contributed by atoms with Crippen molar-refractivity contribution in [3.05, 3.63) is 45.6 Å². The van der Waals surface area contributed by atoms with Gasteiger partial charge in [0.2, 0.25) is 0 Å². The van der Waals surface area contributed by atoms with Crippen LogP contribution in [0.4, 0.5) is 0 Å². The number of amides is 1. The van der Waals surface area contributed by atoms with Crippen LogP contribution in [0.2, 0.25) is 0 Å². The lowest BCUT2D eigenvalue weighted by Gasteiger charge is -2.18. The van der Waals surface area contributed by atoms with Crippen LogP contribution in [0.1, 0.15) is 44.2 Å². The fraction of sp³-hybridized carbons (Fsp3) is 0.368. The number of benzene rings is 1. The van der Waals surface area contributed by atoms with Crippen LogP contribution in [0.5, 0.6) is 11.5 Å². The summed E-state index contributed by atoms with van der Waals surface area (Å²) in [6.45, 7) is 2.84. The first-order chi connectivity index (χ1) is 12.0. The van der Waals surface area contributed by atoms with Crippen molar-refractivity contribution in [2.75, 3.05) is 27.3 Å². The summed E-state index contributed by atoms with van der Waals surface area (Å²) in [6, 6.07) is 9.21. The van der Waals surface area contributed by atoms with E-state index in [1.165, 1.54) is 18.3 Å². The first-order valence-corrected chi connectivity index (χ1v) is 8.97. The molecule has 1 aromatic heterocycles. The van der Waals surface area contributed by atoms with Gasteiger partial charge in [-0.25, -0.2) is 0 Å². The summed E-state index contributed by atoms with van der Waals surface area (Å²) in [5.41, 5.74) is 1.06. The highest BCUT2D eigenvalue weighted by atomic mass is 32.1. The van der Waals surface area contributed by atoms with Crippen molar-refractivity contribution in [1.82, 2.24) is 4.90 Å². The minimum Gasteiger partial charge on any atom is -0.497 e. The number of hydrogen-bond acceptors (Lipinski definition) is 5. The molecule has 3 rings (SSSR count). The number of carbonyl (C=O) groups is 2. The topological polar surface area (TPSA) is 55.8 Å². The van der Waals surface area contributed by atoms with Gasteiger partial charge in [-0.15, -0.1) is 11.3 Å². The van der Waals surface area contributed by atoms with E-state index in [4.69, 9.17) is 9.47 Å². The summed E-state index contributed by atoms with van der Waals surface area (Å²) in [7, 11) is 3.29. The minimum atomic E-state index is -0.0122. The molecule has 1 fully saturated rings. The van der Waals surface area contributed by atoms with Crippen LogP contribution in [-0.4, -0.2) is 43.9 Å². The van der Waals surface area contributed by atoms with E-state index < -0.39 is 0 Å². The van der Waals surface area contributed by atoms with Gasteiger partial charge in [-0.2, -0.15) is 0 Å². The van der Waals surface area contributed by atoms with Crippen molar-refractivity contribution in [1.29, 1.82) is 0 Å². The van der Waals surface area contributed by atoms with Gasteiger partial charge in [0.1, 0.15) is 11.5 Å². The molecule has 6 heteroatoms. The van der Waals surface area contributed by atoms with Gasteiger partial charge in [-0.3, -0.25) is 9.59 Å². The first kappa shape index (κ1) is 17.5. The van der Waals surface area contributed by atoms with Gasteiger partial charge >= 0.3 is 0 Å². The Morgan fingerprint density at radius 2 is 1.88 bits per heavy atom. The molecule has 0 spiro atoms. The quantitative estimate of drug-likeness (QED) is 0.766. The number of carbonyl (C=O) groups excluding carboxylic acids is 2. The Hall–Kier alpha value is -2.34. The Labute approximate surface area is 151 Å². The molecule has 0 aliphatic carbocycles. The largest absolute Gasteiger partial charge is 0.497 e. The van der Waals surface area contributed by atoms with Crippen molar-refractivity contribution in [2.24, 2.45) is 0 Å². The van der Waals surface area contributed by atoms with Gasteiger partial charge in [0.05, 0.1) is 24.0 Å². The summed E-state index contributed by atoms with van der Waals surface area (Å²) in [6.07, 6.45) is 0.875. The van der Waals surface area contributed by atoms with Crippen LogP contribution in [-0.2, 0) is 0 Å². The molecule has 1 amide bonds. The zero-order valence-corrected chi connectivity index (χ0v) is 15.4. The molecule has 0 saturated carbocycles. The van der Waals surface area contributed by atoms with E-state index in [1.807, 2.05) is 23.1 Å². The maximum Gasteiger partial charge on any atom is 0.263 e. The van der Waals surface area contributed by atoms with Gasteiger partial charge in [-0.05, 0) is 43.7 Å².